The molecule has 15 heteroatoms. The Morgan fingerprint density at radius 1 is 0.267 bits per heavy atom. The van der Waals surface area contributed by atoms with Crippen molar-refractivity contribution in [1.29, 1.82) is 0 Å². The molecule has 0 saturated heterocycles. The fraction of sp³-hybridized carbons (Fsp3) is 0.400. The normalized spacial score (nSPS) is 10.7. The summed E-state index contributed by atoms with van der Waals surface area (Å²) >= 11 is 0. The SMILES string of the molecule is CC(=O)/C=C(/C)O.CC(=O)/C=C(/C)O.CC(=O)/C=C(/C)O.CC(=O)/C=C(/C)O.CC(=O)/C=C(/C)O.CC(=O)/C=C(/C)O.[Zn].[Zn].[Zn]. The average Bonchev–Trinajstić information content (AvgIpc) is 2.63. The van der Waals surface area contributed by atoms with E-state index in [0.29, 0.717) is 0 Å². The number of hydrogen-bond acceptors (Lipinski definition) is 12. The zero-order chi connectivity index (χ0) is 35.2. The standard InChI is InChI=1S/6C5H8O2.3Zn/c6*1-4(6)3-5(2)7;;;/h6*3,6H,1-2H3;;;/b6*4-3-;;;. The number of allylic oxidation sites excluding steroid dienone is 12. The maximum atomic E-state index is 10.0. The zero-order valence-electron chi connectivity index (χ0n) is 28.7. The summed E-state index contributed by atoms with van der Waals surface area (Å²) in [5, 5.41) is 50.2. The fourth-order valence-electron chi connectivity index (χ4n) is 1.76. The van der Waals surface area contributed by atoms with Crippen molar-refractivity contribution in [2.24, 2.45) is 0 Å². The van der Waals surface area contributed by atoms with E-state index in [0.717, 1.165) is 0 Å². The van der Waals surface area contributed by atoms with Crippen LogP contribution in [-0.4, -0.2) is 65.3 Å². The number of aliphatic hydroxyl groups excluding tert-OH is 6. The van der Waals surface area contributed by atoms with E-state index in [1.807, 2.05) is 0 Å². The Hall–Kier alpha value is -2.87. The van der Waals surface area contributed by atoms with Crippen LogP contribution in [0, 0.1) is 0 Å². The Bertz CT molecular complexity index is 825. The Kier molecular flexibility index (Phi) is 62.4. The molecule has 0 atom stereocenters. The van der Waals surface area contributed by atoms with Gasteiger partial charge in [-0.25, -0.2) is 0 Å². The third-order valence-corrected chi connectivity index (χ3v) is 2.47. The number of rotatable bonds is 6. The number of hydrogen-bond donors (Lipinski definition) is 6. The van der Waals surface area contributed by atoms with Crippen LogP contribution in [0.2, 0.25) is 0 Å². The Balaban J connectivity index is -0.0000000487. The molecule has 0 rings (SSSR count). The van der Waals surface area contributed by atoms with Gasteiger partial charge in [0.15, 0.2) is 34.7 Å². The summed E-state index contributed by atoms with van der Waals surface area (Å²) in [6, 6.07) is 0. The van der Waals surface area contributed by atoms with Crippen LogP contribution in [0.3, 0.4) is 0 Å². The first-order chi connectivity index (χ1) is 18.8. The Labute approximate surface area is 305 Å². The van der Waals surface area contributed by atoms with Crippen LogP contribution in [0.4, 0.5) is 0 Å². The molecule has 12 nitrogen and oxygen atoms in total. The molecule has 0 aromatic heterocycles. The second-order valence-corrected chi connectivity index (χ2v) is 8.38. The maximum Gasteiger partial charge on any atom is 0.155 e. The van der Waals surface area contributed by atoms with E-state index in [1.165, 1.54) is 120 Å². The van der Waals surface area contributed by atoms with Gasteiger partial charge in [-0.3, -0.25) is 28.8 Å². The molecule has 0 aliphatic carbocycles. The molecule has 0 aliphatic heterocycles. The van der Waals surface area contributed by atoms with Crippen LogP contribution >= 0.6 is 0 Å². The quantitative estimate of drug-likeness (QED) is 0.100. The molecule has 0 aliphatic rings. The molecule has 0 aromatic carbocycles. The molecule has 0 amide bonds. The molecule has 0 saturated carbocycles. The van der Waals surface area contributed by atoms with Gasteiger partial charge in [0, 0.05) is 94.9 Å². The summed E-state index contributed by atoms with van der Waals surface area (Å²) in [5.41, 5.74) is 0. The van der Waals surface area contributed by atoms with Gasteiger partial charge in [0.05, 0.1) is 34.6 Å². The first kappa shape index (κ1) is 64.9. The van der Waals surface area contributed by atoms with E-state index in [4.69, 9.17) is 30.6 Å². The van der Waals surface area contributed by atoms with Crippen LogP contribution < -0.4 is 0 Å². The maximum absolute atomic E-state index is 10.0. The largest absolute Gasteiger partial charge is 0.512 e. The van der Waals surface area contributed by atoms with Crippen molar-refractivity contribution >= 4 is 34.7 Å². The van der Waals surface area contributed by atoms with Gasteiger partial charge in [-0.1, -0.05) is 0 Å². The second-order valence-electron chi connectivity index (χ2n) is 8.38. The summed E-state index contributed by atoms with van der Waals surface area (Å²) in [4.78, 5) is 60.1. The van der Waals surface area contributed by atoms with Gasteiger partial charge in [0.2, 0.25) is 0 Å². The molecule has 246 valence electrons. The third kappa shape index (κ3) is 141. The molecular weight excluding hydrogens is 748 g/mol. The van der Waals surface area contributed by atoms with Crippen molar-refractivity contribution in [2.45, 2.75) is 83.1 Å². The molecule has 0 fully saturated rings. The Morgan fingerprint density at radius 2 is 0.333 bits per heavy atom. The van der Waals surface area contributed by atoms with E-state index in [1.54, 1.807) is 0 Å². The summed E-state index contributed by atoms with van der Waals surface area (Å²) in [7, 11) is 0. The van der Waals surface area contributed by atoms with Crippen LogP contribution in [0.1, 0.15) is 83.1 Å². The van der Waals surface area contributed by atoms with Crippen LogP contribution in [0.15, 0.2) is 71.0 Å². The molecule has 0 heterocycles. The number of aliphatic hydroxyl groups is 6. The molecule has 0 spiro atoms. The predicted octanol–water partition coefficient (Wildman–Crippen LogP) is 6.22. The van der Waals surface area contributed by atoms with Crippen LogP contribution in [0.5, 0.6) is 0 Å². The van der Waals surface area contributed by atoms with Crippen molar-refractivity contribution in [3.05, 3.63) is 71.0 Å². The van der Waals surface area contributed by atoms with Gasteiger partial charge in [-0.05, 0) is 83.1 Å². The first-order valence-corrected chi connectivity index (χ1v) is 12.0. The minimum atomic E-state index is -0.125. The minimum absolute atomic E-state index is 0. The van der Waals surface area contributed by atoms with E-state index in [2.05, 4.69) is 0 Å². The van der Waals surface area contributed by atoms with E-state index in [9.17, 15) is 28.8 Å². The smallest absolute Gasteiger partial charge is 0.155 e. The van der Waals surface area contributed by atoms with Crippen molar-refractivity contribution in [2.75, 3.05) is 0 Å². The van der Waals surface area contributed by atoms with Crippen molar-refractivity contribution in [3.63, 3.8) is 0 Å². The number of ketones is 6. The van der Waals surface area contributed by atoms with E-state index >= 15 is 0 Å². The summed E-state index contributed by atoms with van der Waals surface area (Å²) in [5.74, 6) is -0.375. The van der Waals surface area contributed by atoms with Crippen LogP contribution in [0.25, 0.3) is 0 Å². The van der Waals surface area contributed by atoms with Crippen LogP contribution in [-0.2, 0) is 87.2 Å². The molecule has 0 aromatic rings. The molecule has 0 unspecified atom stereocenters. The summed E-state index contributed by atoms with van der Waals surface area (Å²) < 4.78 is 0. The fourth-order valence-corrected chi connectivity index (χ4v) is 1.76. The molecule has 6 N–H and O–H groups in total. The van der Waals surface area contributed by atoms with E-state index < -0.39 is 0 Å². The Morgan fingerprint density at radius 3 is 0.333 bits per heavy atom. The molecule has 0 bridgehead atoms. The first-order valence-electron chi connectivity index (χ1n) is 12.0. The summed E-state index contributed by atoms with van der Waals surface area (Å²) in [6.45, 7) is 17.1. The summed E-state index contributed by atoms with van der Waals surface area (Å²) in [6.07, 6.45) is 7.00. The van der Waals surface area contributed by atoms with E-state index in [-0.39, 0.29) is 128 Å². The van der Waals surface area contributed by atoms with Crippen molar-refractivity contribution in [3.8, 4) is 0 Å². The molecule has 0 radical (unpaired) electrons. The topological polar surface area (TPSA) is 224 Å². The average molecular weight is 797 g/mol. The van der Waals surface area contributed by atoms with Gasteiger partial charge in [-0.15, -0.1) is 0 Å². The zero-order valence-corrected chi connectivity index (χ0v) is 37.6. The monoisotopic (exact) mass is 792 g/mol. The van der Waals surface area contributed by atoms with Gasteiger partial charge in [0.25, 0.3) is 0 Å². The number of carbonyl (C=O) groups is 6. The van der Waals surface area contributed by atoms with Gasteiger partial charge in [0.1, 0.15) is 0 Å². The third-order valence-electron chi connectivity index (χ3n) is 2.47. The van der Waals surface area contributed by atoms with Gasteiger partial charge >= 0.3 is 0 Å². The molecular formula is C30H48O12Zn3. The van der Waals surface area contributed by atoms with Crippen molar-refractivity contribution in [1.82, 2.24) is 0 Å². The molecule has 45 heavy (non-hydrogen) atoms. The minimum Gasteiger partial charge on any atom is -0.512 e. The number of carbonyl (C=O) groups excluding carboxylic acids is 6. The predicted molar refractivity (Wildman–Crippen MR) is 162 cm³/mol. The second kappa shape index (κ2) is 43.3. The van der Waals surface area contributed by atoms with Gasteiger partial charge < -0.3 is 30.6 Å². The van der Waals surface area contributed by atoms with Gasteiger partial charge in [-0.2, -0.15) is 0 Å². The van der Waals surface area contributed by atoms with Crippen molar-refractivity contribution < 1.29 is 118 Å².